The van der Waals surface area contributed by atoms with E-state index in [1.54, 1.807) is 6.26 Å². The molecule has 1 aromatic heterocycles. The Morgan fingerprint density at radius 1 is 1.00 bits per heavy atom. The maximum absolute atomic E-state index is 9.88. The van der Waals surface area contributed by atoms with Crippen LogP contribution in [0.1, 0.15) is 0 Å². The van der Waals surface area contributed by atoms with Crippen molar-refractivity contribution in [1.29, 1.82) is 0 Å². The fourth-order valence-electron chi connectivity index (χ4n) is 2.30. The normalized spacial score (nSPS) is 12.2. The molecule has 0 spiro atoms. The van der Waals surface area contributed by atoms with Crippen LogP contribution < -0.4 is 14.8 Å². The molecule has 5 nitrogen and oxygen atoms in total. The number of hydrogen-bond donors (Lipinski definition) is 2. The minimum atomic E-state index is -0.565. The van der Waals surface area contributed by atoms with Gasteiger partial charge in [0.25, 0.3) is 0 Å². The molecule has 0 unspecified atom stereocenters. The number of rotatable bonds is 9. The van der Waals surface area contributed by atoms with Gasteiger partial charge in [0.05, 0.1) is 6.26 Å². The van der Waals surface area contributed by atoms with Crippen LogP contribution in [-0.4, -0.2) is 37.5 Å². The van der Waals surface area contributed by atoms with Crippen molar-refractivity contribution in [2.75, 3.05) is 26.3 Å². The van der Waals surface area contributed by atoms with Crippen LogP contribution in [0, 0.1) is 0 Å². The zero-order valence-electron chi connectivity index (χ0n) is 13.4. The van der Waals surface area contributed by atoms with E-state index >= 15 is 0 Å². The average molecular weight is 327 g/mol. The van der Waals surface area contributed by atoms with Crippen LogP contribution in [0.2, 0.25) is 0 Å². The molecule has 126 valence electrons. The van der Waals surface area contributed by atoms with E-state index in [0.717, 1.165) is 22.5 Å². The number of fused-ring (bicyclic) bond motifs is 1. The van der Waals surface area contributed by atoms with Crippen molar-refractivity contribution < 1.29 is 19.0 Å². The van der Waals surface area contributed by atoms with Gasteiger partial charge in [-0.3, -0.25) is 0 Å². The van der Waals surface area contributed by atoms with Gasteiger partial charge in [-0.25, -0.2) is 0 Å². The molecule has 0 saturated heterocycles. The molecule has 0 saturated carbocycles. The van der Waals surface area contributed by atoms with Gasteiger partial charge in [-0.05, 0) is 30.3 Å². The zero-order valence-corrected chi connectivity index (χ0v) is 13.4. The van der Waals surface area contributed by atoms with Crippen LogP contribution in [0.3, 0.4) is 0 Å². The first-order valence-corrected chi connectivity index (χ1v) is 7.98. The third-order valence-electron chi connectivity index (χ3n) is 3.54. The summed E-state index contributed by atoms with van der Waals surface area (Å²) in [5.41, 5.74) is 0.814. The van der Waals surface area contributed by atoms with Crippen molar-refractivity contribution >= 4 is 11.0 Å². The molecule has 0 radical (unpaired) electrons. The van der Waals surface area contributed by atoms with Crippen LogP contribution in [-0.2, 0) is 0 Å². The van der Waals surface area contributed by atoms with Crippen molar-refractivity contribution in [2.45, 2.75) is 6.10 Å². The molecule has 0 bridgehead atoms. The van der Waals surface area contributed by atoms with Gasteiger partial charge < -0.3 is 24.3 Å². The van der Waals surface area contributed by atoms with E-state index < -0.39 is 6.10 Å². The largest absolute Gasteiger partial charge is 0.492 e. The number of nitrogens with one attached hydrogen (secondary N) is 1. The number of aliphatic hydroxyl groups excluding tert-OH is 1. The van der Waals surface area contributed by atoms with Gasteiger partial charge in [0, 0.05) is 24.5 Å². The van der Waals surface area contributed by atoms with Crippen molar-refractivity contribution in [3.05, 3.63) is 60.9 Å². The van der Waals surface area contributed by atoms with Crippen LogP contribution in [0.15, 0.2) is 65.3 Å². The molecular weight excluding hydrogens is 306 g/mol. The maximum Gasteiger partial charge on any atom is 0.137 e. The van der Waals surface area contributed by atoms with E-state index in [2.05, 4.69) is 5.32 Å². The van der Waals surface area contributed by atoms with Crippen molar-refractivity contribution in [3.63, 3.8) is 0 Å². The molecule has 0 aliphatic rings. The molecule has 3 rings (SSSR count). The highest BCUT2D eigenvalue weighted by Crippen LogP contribution is 2.21. The van der Waals surface area contributed by atoms with Gasteiger partial charge >= 0.3 is 0 Å². The fourth-order valence-corrected chi connectivity index (χ4v) is 2.30. The molecule has 0 fully saturated rings. The number of hydrogen-bond acceptors (Lipinski definition) is 5. The summed E-state index contributed by atoms with van der Waals surface area (Å²) in [7, 11) is 0. The Kier molecular flexibility index (Phi) is 5.71. The highest BCUT2D eigenvalue weighted by molar-refractivity contribution is 5.78. The van der Waals surface area contributed by atoms with Gasteiger partial charge in [0.2, 0.25) is 0 Å². The number of benzene rings is 2. The highest BCUT2D eigenvalue weighted by Gasteiger charge is 2.05. The fraction of sp³-hybridized carbons (Fsp3) is 0.263. The first kappa shape index (κ1) is 16.4. The Bertz CT molecular complexity index is 741. The molecule has 1 atom stereocenters. The van der Waals surface area contributed by atoms with Crippen LogP contribution in [0.4, 0.5) is 0 Å². The molecule has 0 aliphatic heterocycles. The molecule has 24 heavy (non-hydrogen) atoms. The monoisotopic (exact) mass is 327 g/mol. The minimum Gasteiger partial charge on any atom is -0.492 e. The lowest BCUT2D eigenvalue weighted by Gasteiger charge is -2.13. The summed E-state index contributed by atoms with van der Waals surface area (Å²) in [6.45, 7) is 1.86. The van der Waals surface area contributed by atoms with Crippen LogP contribution in [0.25, 0.3) is 11.0 Å². The molecule has 2 aromatic carbocycles. The smallest absolute Gasteiger partial charge is 0.137 e. The third kappa shape index (κ3) is 4.75. The van der Waals surface area contributed by atoms with E-state index in [9.17, 15) is 5.11 Å². The second-order valence-electron chi connectivity index (χ2n) is 5.45. The summed E-state index contributed by atoms with van der Waals surface area (Å²) < 4.78 is 16.5. The molecule has 1 heterocycles. The van der Waals surface area contributed by atoms with E-state index in [0.29, 0.717) is 19.7 Å². The first-order chi connectivity index (χ1) is 11.8. The van der Waals surface area contributed by atoms with Crippen molar-refractivity contribution in [2.24, 2.45) is 0 Å². The first-order valence-electron chi connectivity index (χ1n) is 7.98. The van der Waals surface area contributed by atoms with Gasteiger partial charge in [0.1, 0.15) is 36.4 Å². The van der Waals surface area contributed by atoms with E-state index in [4.69, 9.17) is 13.9 Å². The molecular formula is C19H21NO4. The van der Waals surface area contributed by atoms with Gasteiger partial charge in [-0.15, -0.1) is 0 Å². The molecule has 0 aliphatic carbocycles. The van der Waals surface area contributed by atoms with Crippen LogP contribution in [0.5, 0.6) is 11.5 Å². The Morgan fingerprint density at radius 2 is 1.88 bits per heavy atom. The Balaban J connectivity index is 1.30. The summed E-state index contributed by atoms with van der Waals surface area (Å²) in [6, 6.07) is 17.1. The lowest BCUT2D eigenvalue weighted by Crippen LogP contribution is -2.33. The third-order valence-corrected chi connectivity index (χ3v) is 3.54. The average Bonchev–Trinajstić information content (AvgIpc) is 3.08. The minimum absolute atomic E-state index is 0.257. The van der Waals surface area contributed by atoms with E-state index in [-0.39, 0.29) is 6.61 Å². The second kappa shape index (κ2) is 8.38. The summed E-state index contributed by atoms with van der Waals surface area (Å²) in [5, 5.41) is 14.1. The summed E-state index contributed by atoms with van der Waals surface area (Å²) in [5.74, 6) is 1.53. The van der Waals surface area contributed by atoms with Gasteiger partial charge in [0.15, 0.2) is 0 Å². The predicted molar refractivity (Wildman–Crippen MR) is 92.5 cm³/mol. The Labute approximate surface area is 140 Å². The highest BCUT2D eigenvalue weighted by atomic mass is 16.5. The number of aliphatic hydroxyl groups is 1. The van der Waals surface area contributed by atoms with Crippen molar-refractivity contribution in [1.82, 2.24) is 5.32 Å². The second-order valence-corrected chi connectivity index (χ2v) is 5.45. The SMILES string of the molecule is O[C@@H](CNCCOc1ccc2ccoc2c1)COc1ccccc1. The lowest BCUT2D eigenvalue weighted by molar-refractivity contribution is 0.105. The van der Waals surface area contributed by atoms with Crippen molar-refractivity contribution in [3.8, 4) is 11.5 Å². The van der Waals surface area contributed by atoms with Crippen LogP contribution >= 0.6 is 0 Å². The Hall–Kier alpha value is -2.50. The summed E-state index contributed by atoms with van der Waals surface area (Å²) in [4.78, 5) is 0. The molecule has 3 aromatic rings. The summed E-state index contributed by atoms with van der Waals surface area (Å²) in [6.07, 6.45) is 1.10. The standard InChI is InChI=1S/C19H21NO4/c21-16(14-24-17-4-2-1-3-5-17)13-20-9-11-22-18-7-6-15-8-10-23-19(15)12-18/h1-8,10,12,16,20-21H,9,11,13-14H2/t16-/m0/s1. The zero-order chi connectivity index (χ0) is 16.6. The molecule has 2 N–H and O–H groups in total. The quantitative estimate of drug-likeness (QED) is 0.592. The molecule has 0 amide bonds. The lowest BCUT2D eigenvalue weighted by atomic mass is 10.2. The maximum atomic E-state index is 9.88. The predicted octanol–water partition coefficient (Wildman–Crippen LogP) is 2.84. The number of ether oxygens (including phenoxy) is 2. The van der Waals surface area contributed by atoms with E-state index in [1.807, 2.05) is 54.6 Å². The Morgan fingerprint density at radius 3 is 2.75 bits per heavy atom. The number of para-hydroxylation sites is 1. The summed E-state index contributed by atoms with van der Waals surface area (Å²) >= 11 is 0. The molecule has 5 heteroatoms. The topological polar surface area (TPSA) is 63.9 Å². The van der Waals surface area contributed by atoms with Gasteiger partial charge in [-0.2, -0.15) is 0 Å². The van der Waals surface area contributed by atoms with E-state index in [1.165, 1.54) is 0 Å². The van der Waals surface area contributed by atoms with Gasteiger partial charge in [-0.1, -0.05) is 18.2 Å². The number of furan rings is 1.